The van der Waals surface area contributed by atoms with Gasteiger partial charge >= 0.3 is 5.97 Å². The molecule has 0 bridgehead atoms. The topological polar surface area (TPSA) is 47.4 Å². The van der Waals surface area contributed by atoms with Crippen molar-refractivity contribution in [3.63, 3.8) is 0 Å². The van der Waals surface area contributed by atoms with Gasteiger partial charge in [0.1, 0.15) is 12.6 Å². The second-order valence-electron chi connectivity index (χ2n) is 5.55. The van der Waals surface area contributed by atoms with E-state index in [4.69, 9.17) is 4.74 Å². The third kappa shape index (κ3) is 3.74. The molecule has 1 aromatic heterocycles. The van der Waals surface area contributed by atoms with Gasteiger partial charge in [-0.05, 0) is 31.0 Å². The van der Waals surface area contributed by atoms with Crippen LogP contribution in [-0.2, 0) is 22.6 Å². The van der Waals surface area contributed by atoms with Gasteiger partial charge in [-0.1, -0.05) is 30.3 Å². The number of carbonyl (C=O) groups is 1. The maximum atomic E-state index is 12.3. The Hall–Kier alpha value is -2.14. The molecular formula is C17H21N3O2. The number of likely N-dealkylation sites (tertiary alicyclic amines) is 1. The third-order valence-electron chi connectivity index (χ3n) is 3.99. The summed E-state index contributed by atoms with van der Waals surface area (Å²) >= 11 is 0. The Morgan fingerprint density at radius 1 is 1.27 bits per heavy atom. The molecular weight excluding hydrogens is 278 g/mol. The maximum absolute atomic E-state index is 12.3. The average Bonchev–Trinajstić information content (AvgIpc) is 3.20. The van der Waals surface area contributed by atoms with Gasteiger partial charge in [-0.25, -0.2) is 0 Å². The predicted molar refractivity (Wildman–Crippen MR) is 83.1 cm³/mol. The molecule has 1 aliphatic rings. The summed E-state index contributed by atoms with van der Waals surface area (Å²) < 4.78 is 7.19. The highest BCUT2D eigenvalue weighted by molar-refractivity contribution is 5.76. The predicted octanol–water partition coefficient (Wildman–Crippen LogP) is 2.09. The monoisotopic (exact) mass is 299 g/mol. The summed E-state index contributed by atoms with van der Waals surface area (Å²) in [7, 11) is 0. The molecule has 0 radical (unpaired) electrons. The number of hydrogen-bond donors (Lipinski definition) is 0. The van der Waals surface area contributed by atoms with Gasteiger partial charge in [0, 0.05) is 18.9 Å². The fourth-order valence-electron chi connectivity index (χ4n) is 2.87. The fraction of sp³-hybridized carbons (Fsp3) is 0.412. The van der Waals surface area contributed by atoms with Crippen LogP contribution in [0.25, 0.3) is 0 Å². The van der Waals surface area contributed by atoms with Crippen LogP contribution in [0.1, 0.15) is 18.4 Å². The first-order valence-electron chi connectivity index (χ1n) is 7.75. The molecule has 1 aromatic carbocycles. The molecule has 0 saturated carbocycles. The van der Waals surface area contributed by atoms with Crippen molar-refractivity contribution < 1.29 is 9.53 Å². The van der Waals surface area contributed by atoms with Crippen LogP contribution in [0.4, 0.5) is 0 Å². The number of nitrogens with zero attached hydrogens (tertiary/aromatic N) is 3. The number of rotatable bonds is 6. The number of aromatic nitrogens is 2. The van der Waals surface area contributed by atoms with E-state index in [0.29, 0.717) is 13.2 Å². The largest absolute Gasteiger partial charge is 0.463 e. The quantitative estimate of drug-likeness (QED) is 0.766. The standard InChI is InChI=1S/C17H21N3O2/c21-17(22-13-12-20-11-5-9-18-20)16-8-4-10-19(16)14-15-6-2-1-3-7-15/h1-3,5-7,9,11,16H,4,8,10,12-14H2. The van der Waals surface area contributed by atoms with Gasteiger partial charge in [0.25, 0.3) is 0 Å². The summed E-state index contributed by atoms with van der Waals surface area (Å²) in [5.74, 6) is -0.111. The van der Waals surface area contributed by atoms with Gasteiger partial charge in [0.05, 0.1) is 6.54 Å². The Morgan fingerprint density at radius 3 is 2.91 bits per heavy atom. The third-order valence-corrected chi connectivity index (χ3v) is 3.99. The molecule has 1 fully saturated rings. The zero-order valence-corrected chi connectivity index (χ0v) is 12.6. The van der Waals surface area contributed by atoms with Crippen molar-refractivity contribution in [2.24, 2.45) is 0 Å². The van der Waals surface area contributed by atoms with Crippen LogP contribution in [0.2, 0.25) is 0 Å². The number of carbonyl (C=O) groups excluding carboxylic acids is 1. The Balaban J connectivity index is 1.50. The van der Waals surface area contributed by atoms with Crippen molar-refractivity contribution >= 4 is 5.97 Å². The van der Waals surface area contributed by atoms with Crippen molar-refractivity contribution in [2.75, 3.05) is 13.2 Å². The molecule has 2 aromatic rings. The molecule has 1 unspecified atom stereocenters. The molecule has 22 heavy (non-hydrogen) atoms. The van der Waals surface area contributed by atoms with Gasteiger partial charge in [-0.15, -0.1) is 0 Å². The molecule has 0 spiro atoms. The van der Waals surface area contributed by atoms with Crippen LogP contribution in [-0.4, -0.2) is 39.8 Å². The SMILES string of the molecule is O=C(OCCn1cccn1)C1CCCN1Cc1ccccc1. The molecule has 2 heterocycles. The molecule has 116 valence electrons. The lowest BCUT2D eigenvalue weighted by Gasteiger charge is -2.23. The maximum Gasteiger partial charge on any atom is 0.323 e. The van der Waals surface area contributed by atoms with E-state index in [1.54, 1.807) is 10.9 Å². The van der Waals surface area contributed by atoms with E-state index in [9.17, 15) is 4.79 Å². The molecule has 3 rings (SSSR count). The van der Waals surface area contributed by atoms with E-state index in [-0.39, 0.29) is 12.0 Å². The summed E-state index contributed by atoms with van der Waals surface area (Å²) in [6.45, 7) is 2.73. The Bertz CT molecular complexity index is 583. The Kier molecular flexibility index (Phi) is 4.85. The summed E-state index contributed by atoms with van der Waals surface area (Å²) in [6.07, 6.45) is 5.52. The highest BCUT2D eigenvalue weighted by Gasteiger charge is 2.31. The second-order valence-corrected chi connectivity index (χ2v) is 5.55. The highest BCUT2D eigenvalue weighted by Crippen LogP contribution is 2.21. The summed E-state index contributed by atoms with van der Waals surface area (Å²) in [5.41, 5.74) is 1.23. The molecule has 1 atom stereocenters. The average molecular weight is 299 g/mol. The van der Waals surface area contributed by atoms with Crippen LogP contribution in [0.3, 0.4) is 0 Å². The molecule has 5 heteroatoms. The zero-order valence-electron chi connectivity index (χ0n) is 12.6. The van der Waals surface area contributed by atoms with Crippen LogP contribution >= 0.6 is 0 Å². The van der Waals surface area contributed by atoms with E-state index >= 15 is 0 Å². The van der Waals surface area contributed by atoms with Crippen molar-refractivity contribution in [3.8, 4) is 0 Å². The van der Waals surface area contributed by atoms with Gasteiger partial charge in [-0.3, -0.25) is 14.4 Å². The lowest BCUT2D eigenvalue weighted by molar-refractivity contribution is -0.149. The number of hydrogen-bond acceptors (Lipinski definition) is 4. The van der Waals surface area contributed by atoms with E-state index in [2.05, 4.69) is 22.1 Å². The van der Waals surface area contributed by atoms with Crippen LogP contribution in [0, 0.1) is 0 Å². The molecule has 0 N–H and O–H groups in total. The molecule has 1 saturated heterocycles. The number of benzene rings is 1. The normalized spacial score (nSPS) is 18.5. The van der Waals surface area contributed by atoms with Crippen LogP contribution in [0.5, 0.6) is 0 Å². The van der Waals surface area contributed by atoms with Crippen molar-refractivity contribution in [1.29, 1.82) is 0 Å². The van der Waals surface area contributed by atoms with Crippen LogP contribution < -0.4 is 0 Å². The first-order valence-corrected chi connectivity index (χ1v) is 7.75. The van der Waals surface area contributed by atoms with E-state index in [0.717, 1.165) is 25.9 Å². The second kappa shape index (κ2) is 7.22. The first-order chi connectivity index (χ1) is 10.8. The van der Waals surface area contributed by atoms with Crippen molar-refractivity contribution in [3.05, 3.63) is 54.4 Å². The smallest absolute Gasteiger partial charge is 0.323 e. The van der Waals surface area contributed by atoms with Crippen molar-refractivity contribution in [2.45, 2.75) is 32.0 Å². The van der Waals surface area contributed by atoms with E-state index < -0.39 is 0 Å². The molecule has 0 amide bonds. The Labute approximate surface area is 130 Å². The summed E-state index contributed by atoms with van der Waals surface area (Å²) in [5, 5.41) is 4.10. The molecule has 0 aliphatic carbocycles. The Morgan fingerprint density at radius 2 is 2.14 bits per heavy atom. The van der Waals surface area contributed by atoms with E-state index in [1.807, 2.05) is 30.5 Å². The van der Waals surface area contributed by atoms with Gasteiger partial charge in [0.2, 0.25) is 0 Å². The van der Waals surface area contributed by atoms with Gasteiger partial charge < -0.3 is 4.74 Å². The number of esters is 1. The fourth-order valence-corrected chi connectivity index (χ4v) is 2.87. The molecule has 5 nitrogen and oxygen atoms in total. The zero-order chi connectivity index (χ0) is 15.2. The highest BCUT2D eigenvalue weighted by atomic mass is 16.5. The summed E-state index contributed by atoms with van der Waals surface area (Å²) in [4.78, 5) is 14.5. The summed E-state index contributed by atoms with van der Waals surface area (Å²) in [6, 6.07) is 12.0. The number of ether oxygens (including phenoxy) is 1. The minimum Gasteiger partial charge on any atom is -0.463 e. The lowest BCUT2D eigenvalue weighted by Crippen LogP contribution is -2.37. The molecule has 1 aliphatic heterocycles. The minimum atomic E-state index is -0.113. The van der Waals surface area contributed by atoms with Gasteiger partial charge in [-0.2, -0.15) is 5.10 Å². The van der Waals surface area contributed by atoms with Crippen LogP contribution in [0.15, 0.2) is 48.8 Å². The minimum absolute atomic E-state index is 0.111. The van der Waals surface area contributed by atoms with Gasteiger partial charge in [0.15, 0.2) is 0 Å². The van der Waals surface area contributed by atoms with Crippen molar-refractivity contribution in [1.82, 2.24) is 14.7 Å². The first kappa shape index (κ1) is 14.8. The lowest BCUT2D eigenvalue weighted by atomic mass is 10.2. The van der Waals surface area contributed by atoms with E-state index in [1.165, 1.54) is 5.56 Å².